The first-order chi connectivity index (χ1) is 30.7. The van der Waals surface area contributed by atoms with Crippen LogP contribution in [0, 0.1) is 34.0 Å². The molecule has 11 aromatic rings. The number of benzene rings is 9. The highest BCUT2D eigenvalue weighted by Crippen LogP contribution is 2.45. The third kappa shape index (κ3) is 5.60. The Morgan fingerprint density at radius 2 is 0.871 bits per heavy atom. The van der Waals surface area contributed by atoms with E-state index in [1.165, 1.54) is 0 Å². The van der Waals surface area contributed by atoms with Gasteiger partial charge in [0, 0.05) is 55.2 Å². The van der Waals surface area contributed by atoms with Crippen molar-refractivity contribution in [3.8, 4) is 74.1 Å². The molecule has 0 aliphatic rings. The van der Waals surface area contributed by atoms with Gasteiger partial charge in [-0.2, -0.15) is 15.8 Å². The maximum Gasteiger partial charge on any atom is 0.100 e. The molecule has 2 aromatic heterocycles. The van der Waals surface area contributed by atoms with Crippen molar-refractivity contribution in [3.05, 3.63) is 217 Å². The van der Waals surface area contributed by atoms with Crippen LogP contribution < -0.4 is 0 Å². The number of aromatic nitrogens is 2. The molecule has 0 unspecified atom stereocenters. The summed E-state index contributed by atoms with van der Waals surface area (Å²) in [5.74, 6) is 0. The van der Waals surface area contributed by atoms with Crippen LogP contribution in [0.2, 0.25) is 0 Å². The summed E-state index contributed by atoms with van der Waals surface area (Å²) in [5.41, 5.74) is 13.8. The summed E-state index contributed by atoms with van der Waals surface area (Å²) in [6, 6.07) is 75.1. The second kappa shape index (κ2) is 14.7. The summed E-state index contributed by atoms with van der Waals surface area (Å²) in [4.78, 5) is 0. The van der Waals surface area contributed by atoms with Crippen LogP contribution >= 0.6 is 0 Å². The van der Waals surface area contributed by atoms with E-state index in [2.05, 4.69) is 130 Å². The minimum absolute atomic E-state index is 0.385. The third-order valence-electron chi connectivity index (χ3n) is 12.1. The fourth-order valence-corrected chi connectivity index (χ4v) is 9.38. The molecule has 0 amide bonds. The van der Waals surface area contributed by atoms with E-state index in [1.807, 2.05) is 97.1 Å². The van der Waals surface area contributed by atoms with Crippen molar-refractivity contribution in [2.45, 2.75) is 0 Å². The van der Waals surface area contributed by atoms with E-state index in [0.29, 0.717) is 27.8 Å². The van der Waals surface area contributed by atoms with Gasteiger partial charge in [-0.15, -0.1) is 0 Å². The lowest BCUT2D eigenvalue weighted by Gasteiger charge is -2.18. The smallest absolute Gasteiger partial charge is 0.100 e. The van der Waals surface area contributed by atoms with Crippen LogP contribution in [-0.4, -0.2) is 9.13 Å². The van der Waals surface area contributed by atoms with Crippen molar-refractivity contribution >= 4 is 43.6 Å². The van der Waals surface area contributed by atoms with Crippen LogP contribution in [0.1, 0.15) is 16.7 Å². The lowest BCUT2D eigenvalue weighted by Crippen LogP contribution is -1.98. The highest BCUT2D eigenvalue weighted by atomic mass is 15.0. The molecule has 2 heterocycles. The van der Waals surface area contributed by atoms with Gasteiger partial charge in [-0.25, -0.2) is 0 Å². The summed E-state index contributed by atoms with van der Waals surface area (Å²) in [6.07, 6.45) is 0. The molecule has 0 aliphatic carbocycles. The third-order valence-corrected chi connectivity index (χ3v) is 12.1. The molecular weight excluding hydrogens is 755 g/mol. The number of hydrogen-bond acceptors (Lipinski definition) is 3. The molecule has 0 radical (unpaired) electrons. The number of rotatable bonds is 6. The summed E-state index contributed by atoms with van der Waals surface area (Å²) in [5, 5.41) is 36.9. The van der Waals surface area contributed by atoms with Gasteiger partial charge in [-0.05, 0) is 82.9 Å². The molecule has 286 valence electrons. The second-order valence-electron chi connectivity index (χ2n) is 15.4. The van der Waals surface area contributed by atoms with Crippen molar-refractivity contribution in [2.24, 2.45) is 0 Å². The van der Waals surface area contributed by atoms with Crippen LogP contribution in [0.25, 0.3) is 99.5 Å². The first-order valence-corrected chi connectivity index (χ1v) is 20.4. The second-order valence-corrected chi connectivity index (χ2v) is 15.4. The molecule has 11 rings (SSSR count). The first kappa shape index (κ1) is 36.2. The van der Waals surface area contributed by atoms with Gasteiger partial charge in [0.15, 0.2) is 0 Å². The zero-order valence-electron chi connectivity index (χ0n) is 33.3. The van der Waals surface area contributed by atoms with Gasteiger partial charge in [-0.1, -0.05) is 140 Å². The first-order valence-electron chi connectivity index (χ1n) is 20.4. The zero-order valence-corrected chi connectivity index (χ0v) is 33.3. The van der Waals surface area contributed by atoms with Crippen molar-refractivity contribution in [3.63, 3.8) is 0 Å². The molecule has 62 heavy (non-hydrogen) atoms. The van der Waals surface area contributed by atoms with Crippen LogP contribution in [0.4, 0.5) is 0 Å². The molecule has 0 saturated heterocycles. The Bertz CT molecular complexity index is 3690. The number of para-hydroxylation sites is 3. The summed E-state index contributed by atoms with van der Waals surface area (Å²) < 4.78 is 4.67. The SMILES string of the molecule is N#Cc1cc(-c2cc(-c3ccccc3)c(C#N)c(-c3ccccc3)c2C#N)ccc1-c1cccc2c1c1cc3c4ccccc4n(-c4ccccc4)c3cc1n2-c1ccccc1. The van der Waals surface area contributed by atoms with Crippen molar-refractivity contribution in [1.82, 2.24) is 9.13 Å². The van der Waals surface area contributed by atoms with E-state index in [4.69, 9.17) is 0 Å². The van der Waals surface area contributed by atoms with Crippen molar-refractivity contribution in [1.29, 1.82) is 15.8 Å². The van der Waals surface area contributed by atoms with E-state index >= 15 is 0 Å². The average Bonchev–Trinajstić information content (AvgIpc) is 3.85. The maximum absolute atomic E-state index is 11.0. The molecule has 0 spiro atoms. The summed E-state index contributed by atoms with van der Waals surface area (Å²) in [7, 11) is 0. The van der Waals surface area contributed by atoms with Gasteiger partial charge in [0.2, 0.25) is 0 Å². The van der Waals surface area contributed by atoms with Gasteiger partial charge >= 0.3 is 0 Å². The Hall–Kier alpha value is -8.95. The Balaban J connectivity index is 1.18. The molecule has 0 bridgehead atoms. The average molecular weight is 788 g/mol. The van der Waals surface area contributed by atoms with E-state index in [9.17, 15) is 15.8 Å². The monoisotopic (exact) mass is 787 g/mol. The minimum Gasteiger partial charge on any atom is -0.309 e. The molecule has 9 aromatic carbocycles. The fraction of sp³-hybridized carbons (Fsp3) is 0. The topological polar surface area (TPSA) is 81.2 Å². The van der Waals surface area contributed by atoms with Gasteiger partial charge in [-0.3, -0.25) is 0 Å². The number of nitrogens with zero attached hydrogens (tertiary/aromatic N) is 5. The van der Waals surface area contributed by atoms with Gasteiger partial charge in [0.25, 0.3) is 0 Å². The zero-order chi connectivity index (χ0) is 41.7. The quantitative estimate of drug-likeness (QED) is 0.168. The molecule has 0 fully saturated rings. The summed E-state index contributed by atoms with van der Waals surface area (Å²) >= 11 is 0. The molecule has 0 N–H and O–H groups in total. The number of nitriles is 3. The van der Waals surface area contributed by atoms with Crippen LogP contribution in [0.5, 0.6) is 0 Å². The Morgan fingerprint density at radius 1 is 0.323 bits per heavy atom. The normalized spacial score (nSPS) is 11.2. The van der Waals surface area contributed by atoms with Crippen LogP contribution in [-0.2, 0) is 0 Å². The molecule has 5 heteroatoms. The largest absolute Gasteiger partial charge is 0.309 e. The van der Waals surface area contributed by atoms with E-state index in [0.717, 1.165) is 88.4 Å². The van der Waals surface area contributed by atoms with Gasteiger partial charge in [0.1, 0.15) is 12.1 Å². The van der Waals surface area contributed by atoms with Gasteiger partial charge < -0.3 is 9.13 Å². The van der Waals surface area contributed by atoms with Crippen molar-refractivity contribution < 1.29 is 0 Å². The minimum atomic E-state index is 0.385. The molecule has 0 saturated carbocycles. The predicted octanol–water partition coefficient (Wildman–Crippen LogP) is 14.2. The molecule has 0 atom stereocenters. The lowest BCUT2D eigenvalue weighted by molar-refractivity contribution is 1.16. The fourth-order valence-electron chi connectivity index (χ4n) is 9.38. The van der Waals surface area contributed by atoms with Gasteiger partial charge in [0.05, 0.1) is 44.8 Å². The summed E-state index contributed by atoms with van der Waals surface area (Å²) in [6.45, 7) is 0. The highest BCUT2D eigenvalue weighted by molar-refractivity contribution is 6.22. The Labute approximate surface area is 358 Å². The van der Waals surface area contributed by atoms with Crippen LogP contribution in [0.15, 0.2) is 200 Å². The number of hydrogen-bond donors (Lipinski definition) is 0. The maximum atomic E-state index is 11.0. The molecular formula is C57H33N5. The Kier molecular flexibility index (Phi) is 8.57. The molecule has 0 aliphatic heterocycles. The van der Waals surface area contributed by atoms with Crippen LogP contribution in [0.3, 0.4) is 0 Å². The lowest BCUT2D eigenvalue weighted by atomic mass is 9.83. The molecule has 5 nitrogen and oxygen atoms in total. The van der Waals surface area contributed by atoms with E-state index in [-0.39, 0.29) is 0 Å². The highest BCUT2D eigenvalue weighted by Gasteiger charge is 2.24. The predicted molar refractivity (Wildman–Crippen MR) is 251 cm³/mol. The van der Waals surface area contributed by atoms with E-state index < -0.39 is 0 Å². The van der Waals surface area contributed by atoms with E-state index in [1.54, 1.807) is 0 Å². The number of fused-ring (bicyclic) bond motifs is 6. The standard InChI is InChI=1S/C57H33N5/c58-34-40-30-39(47-31-46(37-16-5-1-6-17-37)50(35-59)56(51(47)36-60)38-18-7-2-8-19-38)28-29-43(40)45-25-15-27-53-57(45)49-32-48-44-24-13-14-26-52(44)61(41-20-9-3-10-21-41)54(48)33-55(49)62(53)42-22-11-4-12-23-42/h1-33H. The Morgan fingerprint density at radius 3 is 1.52 bits per heavy atom. The van der Waals surface area contributed by atoms with Crippen molar-refractivity contribution in [2.75, 3.05) is 0 Å².